The first-order valence-electron chi connectivity index (χ1n) is 18.1. The molecular weight excluding hydrogens is 617 g/mol. The number of aliphatic imine (C=N–C) groups is 4. The summed E-state index contributed by atoms with van der Waals surface area (Å²) in [5.74, 6) is 5.02. The zero-order valence-electron chi connectivity index (χ0n) is 28.3. The zero-order chi connectivity index (χ0) is 33.0. The van der Waals surface area contributed by atoms with Gasteiger partial charge < -0.3 is 19.6 Å². The van der Waals surface area contributed by atoms with Crippen molar-refractivity contribution in [2.75, 3.05) is 26.2 Å². The molecule has 8 nitrogen and oxygen atoms in total. The number of benzene rings is 4. The quantitative estimate of drug-likeness (QED) is 0.234. The average Bonchev–Trinajstić information content (AvgIpc) is 3.83. The van der Waals surface area contributed by atoms with Gasteiger partial charge in [-0.05, 0) is 70.2 Å². The molecule has 0 bridgehead atoms. The maximum absolute atomic E-state index is 5.34. The van der Waals surface area contributed by atoms with E-state index in [0.29, 0.717) is 11.6 Å². The van der Waals surface area contributed by atoms with Crippen molar-refractivity contribution in [2.24, 2.45) is 20.0 Å². The number of hydrogen-bond acceptors (Lipinski definition) is 8. The Labute approximate surface area is 293 Å². The Morgan fingerprint density at radius 1 is 0.300 bits per heavy atom. The van der Waals surface area contributed by atoms with E-state index in [1.807, 2.05) is 0 Å². The molecular formula is C42H40N8. The fourth-order valence-corrected chi connectivity index (χ4v) is 8.41. The maximum atomic E-state index is 5.34. The van der Waals surface area contributed by atoms with Gasteiger partial charge >= 0.3 is 0 Å². The van der Waals surface area contributed by atoms with E-state index in [1.54, 1.807) is 0 Å². The van der Waals surface area contributed by atoms with Crippen molar-refractivity contribution in [3.63, 3.8) is 0 Å². The van der Waals surface area contributed by atoms with Gasteiger partial charge in [0, 0.05) is 52.4 Å². The molecule has 10 rings (SSSR count). The van der Waals surface area contributed by atoms with Crippen molar-refractivity contribution in [3.05, 3.63) is 153 Å². The van der Waals surface area contributed by atoms with Crippen LogP contribution in [0, 0.1) is 0 Å². The minimum atomic E-state index is 0.620. The Kier molecular flexibility index (Phi) is 7.13. The van der Waals surface area contributed by atoms with E-state index in [4.69, 9.17) is 20.0 Å². The Morgan fingerprint density at radius 3 is 0.760 bits per heavy atom. The fourth-order valence-electron chi connectivity index (χ4n) is 8.41. The lowest BCUT2D eigenvalue weighted by Crippen LogP contribution is -2.47. The molecule has 0 spiro atoms. The monoisotopic (exact) mass is 656 g/mol. The average molecular weight is 657 g/mol. The molecule has 0 atom stereocenters. The number of hydrogen-bond donors (Lipinski definition) is 0. The number of amidine groups is 4. The molecule has 4 aromatic rings. The van der Waals surface area contributed by atoms with E-state index in [9.17, 15) is 0 Å². The summed E-state index contributed by atoms with van der Waals surface area (Å²) in [4.78, 5) is 31.0. The van der Waals surface area contributed by atoms with E-state index in [0.717, 1.165) is 101 Å². The predicted molar refractivity (Wildman–Crippen MR) is 199 cm³/mol. The molecule has 4 aromatic carbocycles. The molecule has 0 fully saturated rings. The van der Waals surface area contributed by atoms with Crippen LogP contribution in [-0.4, -0.2) is 69.1 Å². The van der Waals surface area contributed by atoms with Gasteiger partial charge in [0.2, 0.25) is 11.6 Å². The maximum Gasteiger partial charge on any atom is 0.202 e. The van der Waals surface area contributed by atoms with Gasteiger partial charge in [0.05, 0.1) is 0 Å². The van der Waals surface area contributed by atoms with E-state index >= 15 is 0 Å². The van der Waals surface area contributed by atoms with E-state index < -0.39 is 0 Å². The minimum Gasteiger partial charge on any atom is -0.349 e. The lowest BCUT2D eigenvalue weighted by Gasteiger charge is -2.35. The molecule has 0 amide bonds. The van der Waals surface area contributed by atoms with Crippen molar-refractivity contribution >= 4 is 23.3 Å². The molecule has 0 saturated heterocycles. The number of nitrogens with zero attached hydrogens (tertiary/aromatic N) is 8. The third-order valence-corrected chi connectivity index (χ3v) is 11.2. The van der Waals surface area contributed by atoms with Crippen LogP contribution in [0.1, 0.15) is 44.5 Å². The van der Waals surface area contributed by atoms with E-state index in [1.165, 1.54) is 44.5 Å². The molecule has 0 radical (unpaired) electrons. The summed E-state index contributed by atoms with van der Waals surface area (Å²) in [5.41, 5.74) is 11.2. The summed E-state index contributed by atoms with van der Waals surface area (Å²) in [6.07, 6.45) is 3.98. The zero-order valence-corrected chi connectivity index (χ0v) is 28.3. The van der Waals surface area contributed by atoms with Gasteiger partial charge in [0.25, 0.3) is 0 Å². The first-order chi connectivity index (χ1) is 24.7. The Morgan fingerprint density at radius 2 is 0.520 bits per heavy atom. The predicted octanol–water partition coefficient (Wildman–Crippen LogP) is 5.97. The second kappa shape index (κ2) is 12.1. The third kappa shape index (κ3) is 5.21. The largest absolute Gasteiger partial charge is 0.349 e. The van der Waals surface area contributed by atoms with Crippen molar-refractivity contribution in [2.45, 2.75) is 51.9 Å². The van der Waals surface area contributed by atoms with Crippen LogP contribution in [0.4, 0.5) is 0 Å². The molecule has 0 aromatic heterocycles. The topological polar surface area (TPSA) is 62.4 Å². The second-order valence-corrected chi connectivity index (χ2v) is 14.1. The van der Waals surface area contributed by atoms with Crippen LogP contribution in [-0.2, 0) is 51.9 Å². The van der Waals surface area contributed by atoms with Crippen LogP contribution in [0.5, 0.6) is 0 Å². The van der Waals surface area contributed by atoms with Crippen LogP contribution in [0.2, 0.25) is 0 Å². The summed E-state index contributed by atoms with van der Waals surface area (Å²) >= 11 is 0. The number of rotatable bonds is 0. The van der Waals surface area contributed by atoms with Gasteiger partial charge in [-0.25, -0.2) is 20.0 Å². The van der Waals surface area contributed by atoms with Gasteiger partial charge in [0.1, 0.15) is 0 Å². The Bertz CT molecular complexity index is 1870. The molecule has 0 aliphatic carbocycles. The second-order valence-electron chi connectivity index (χ2n) is 14.1. The van der Waals surface area contributed by atoms with Crippen molar-refractivity contribution in [3.8, 4) is 0 Å². The van der Waals surface area contributed by atoms with Crippen molar-refractivity contribution in [1.82, 2.24) is 19.6 Å². The van der Waals surface area contributed by atoms with Crippen LogP contribution in [0.25, 0.3) is 0 Å². The highest BCUT2D eigenvalue weighted by Gasteiger charge is 2.36. The first-order valence-corrected chi connectivity index (χ1v) is 18.1. The van der Waals surface area contributed by atoms with Crippen LogP contribution in [0.15, 0.2) is 129 Å². The molecule has 248 valence electrons. The molecule has 0 saturated carbocycles. The summed E-state index contributed by atoms with van der Waals surface area (Å²) in [5, 5.41) is 0. The number of fused-ring (bicyclic) bond motifs is 4. The SMILES string of the molecule is c1ccc2c(c1)CCN(C1=NC(=C3N=C(N4CCc5ccccc5C4)C(N4CCc5ccccc5C4)=N3)N=C1N1CCc3ccccc3C1)C2. The molecule has 6 heterocycles. The van der Waals surface area contributed by atoms with Crippen LogP contribution >= 0.6 is 0 Å². The highest BCUT2D eigenvalue weighted by atomic mass is 15.4. The minimum absolute atomic E-state index is 0.620. The lowest BCUT2D eigenvalue weighted by atomic mass is 9.98. The highest BCUT2D eigenvalue weighted by molar-refractivity contribution is 6.43. The summed E-state index contributed by atoms with van der Waals surface area (Å²) in [6.45, 7) is 6.93. The highest BCUT2D eigenvalue weighted by Crippen LogP contribution is 2.32. The summed E-state index contributed by atoms with van der Waals surface area (Å²) < 4.78 is 0. The van der Waals surface area contributed by atoms with Gasteiger partial charge in [0.15, 0.2) is 23.3 Å². The third-order valence-electron chi connectivity index (χ3n) is 11.2. The molecule has 6 aliphatic rings. The fraction of sp³-hybridized carbons (Fsp3) is 0.286. The molecule has 8 heteroatoms. The van der Waals surface area contributed by atoms with Gasteiger partial charge in [-0.15, -0.1) is 0 Å². The Balaban J connectivity index is 1.06. The normalized spacial score (nSPS) is 19.7. The smallest absolute Gasteiger partial charge is 0.202 e. The lowest BCUT2D eigenvalue weighted by molar-refractivity contribution is 0.374. The summed E-state index contributed by atoms with van der Waals surface area (Å²) in [7, 11) is 0. The Hall–Kier alpha value is -5.50. The van der Waals surface area contributed by atoms with Crippen molar-refractivity contribution < 1.29 is 0 Å². The molecule has 50 heavy (non-hydrogen) atoms. The van der Waals surface area contributed by atoms with Gasteiger partial charge in [-0.2, -0.15) is 0 Å². The molecule has 6 aliphatic heterocycles. The summed E-state index contributed by atoms with van der Waals surface area (Å²) in [6, 6.07) is 35.2. The molecule has 0 unspecified atom stereocenters. The van der Waals surface area contributed by atoms with Gasteiger partial charge in [-0.1, -0.05) is 97.1 Å². The van der Waals surface area contributed by atoms with Crippen LogP contribution < -0.4 is 0 Å². The van der Waals surface area contributed by atoms with E-state index in [2.05, 4.69) is 117 Å². The van der Waals surface area contributed by atoms with Crippen LogP contribution in [0.3, 0.4) is 0 Å². The first kappa shape index (κ1) is 29.4. The van der Waals surface area contributed by atoms with Gasteiger partial charge in [-0.3, -0.25) is 0 Å². The van der Waals surface area contributed by atoms with E-state index in [-0.39, 0.29) is 0 Å². The van der Waals surface area contributed by atoms with Crippen molar-refractivity contribution in [1.29, 1.82) is 0 Å². The standard InChI is InChI=1S/C42H40N8/c1-5-13-33-25-47(21-17-29(33)9-1)39-40(48-22-18-30-10-2-6-14-34(30)26-48)44-37(43-39)38-45-41(49-23-19-31-11-3-7-15-35(31)27-49)42(46-38)50-24-20-32-12-4-8-16-36(32)28-50/h1-16H,17-28H2. The molecule has 0 N–H and O–H groups in total.